The fourth-order valence-corrected chi connectivity index (χ4v) is 2.89. The number of phosphoric acid groups is 1. The number of esters is 2. The molecule has 0 bridgehead atoms. The highest BCUT2D eigenvalue weighted by Gasteiger charge is 2.26. The number of phosphoric ester groups is 1. The monoisotopic (exact) mass is 488 g/mol. The lowest BCUT2D eigenvalue weighted by molar-refractivity contribution is -0.177. The van der Waals surface area contributed by atoms with Crippen LogP contribution in [0.3, 0.4) is 0 Å². The average molecular weight is 488 g/mol. The third-order valence-corrected chi connectivity index (χ3v) is 4.47. The van der Waals surface area contributed by atoms with Gasteiger partial charge in [-0.25, -0.2) is 13.9 Å². The third kappa shape index (κ3) is 22.1. The van der Waals surface area contributed by atoms with Crippen LogP contribution in [0.5, 0.6) is 0 Å². The van der Waals surface area contributed by atoms with E-state index >= 15 is 0 Å². The molecule has 0 rings (SSSR count). The second-order valence-corrected chi connectivity index (χ2v) is 8.03. The summed E-state index contributed by atoms with van der Waals surface area (Å²) in [4.78, 5) is 41.5. The van der Waals surface area contributed by atoms with Gasteiger partial charge in [0.15, 0.2) is 6.61 Å². The molecule has 0 saturated heterocycles. The van der Waals surface area contributed by atoms with Gasteiger partial charge in [-0.05, 0) is 53.8 Å². The van der Waals surface area contributed by atoms with Crippen molar-refractivity contribution >= 4 is 19.8 Å². The van der Waals surface area contributed by atoms with Gasteiger partial charge in [-0.3, -0.25) is 4.79 Å². The molecule has 0 heterocycles. The van der Waals surface area contributed by atoms with E-state index in [4.69, 9.17) is 25.7 Å². The predicted octanol–water partition coefficient (Wildman–Crippen LogP) is 3.08. The van der Waals surface area contributed by atoms with E-state index in [2.05, 4.69) is 58.8 Å². The highest BCUT2D eigenvalue weighted by atomic mass is 31.2. The first-order valence-corrected chi connectivity index (χ1v) is 12.4. The summed E-state index contributed by atoms with van der Waals surface area (Å²) < 4.78 is 25.0. The maximum atomic E-state index is 12.0. The van der Waals surface area contributed by atoms with E-state index in [-0.39, 0.29) is 6.42 Å². The van der Waals surface area contributed by atoms with E-state index in [1.54, 1.807) is 0 Å². The van der Waals surface area contributed by atoms with Crippen molar-refractivity contribution in [3.05, 3.63) is 0 Å². The van der Waals surface area contributed by atoms with Gasteiger partial charge in [0, 0.05) is 12.3 Å². The van der Waals surface area contributed by atoms with E-state index in [9.17, 15) is 14.2 Å². The van der Waals surface area contributed by atoms with Gasteiger partial charge in [-0.1, -0.05) is 58.3 Å². The summed E-state index contributed by atoms with van der Waals surface area (Å²) in [7, 11) is -5.00. The fourth-order valence-electron chi connectivity index (χ4n) is 2.48. The molecular weight excluding hydrogens is 459 g/mol. The van der Waals surface area contributed by atoms with Crippen LogP contribution in [0.25, 0.3) is 0 Å². The summed E-state index contributed by atoms with van der Waals surface area (Å²) in [5, 5.41) is 0. The standard InChI is InChI=1S/C25H29O8P/c1-3-5-7-9-11-13-15-17-19-21-24(27)32-25(33-34(28,29)30)22-31-23(26)20-18-16-14-12-10-8-6-4-2/h2,25H,3,5,7,9,11,13,15,17,19,21-22H2,1H3,(H2,28,29,30)/t25-/m1/s1. The Kier molecular flexibility index (Phi) is 18.6. The van der Waals surface area contributed by atoms with Crippen molar-refractivity contribution in [3.63, 3.8) is 0 Å². The molecule has 182 valence electrons. The largest absolute Gasteiger partial charge is 0.472 e. The van der Waals surface area contributed by atoms with Crippen LogP contribution >= 0.6 is 7.82 Å². The lowest BCUT2D eigenvalue weighted by Crippen LogP contribution is -2.27. The summed E-state index contributed by atoms with van der Waals surface area (Å²) in [5.41, 5.74) is 0. The number of carbonyl (C=O) groups excluding carboxylic acids is 2. The Bertz CT molecular complexity index is 973. The number of unbranched alkanes of at least 4 members (excludes halogenated alkanes) is 8. The zero-order valence-corrected chi connectivity index (χ0v) is 20.1. The maximum Gasteiger partial charge on any atom is 0.472 e. The van der Waals surface area contributed by atoms with Gasteiger partial charge < -0.3 is 19.3 Å². The molecule has 0 aromatic rings. The Morgan fingerprint density at radius 2 is 1.38 bits per heavy atom. The molecule has 0 aromatic heterocycles. The summed E-state index contributed by atoms with van der Waals surface area (Å²) in [6.45, 7) is 1.42. The van der Waals surface area contributed by atoms with Gasteiger partial charge in [-0.2, -0.15) is 0 Å². The smallest absolute Gasteiger partial charge is 0.449 e. The van der Waals surface area contributed by atoms with Crippen molar-refractivity contribution in [2.45, 2.75) is 77.4 Å². The van der Waals surface area contributed by atoms with E-state index < -0.39 is 32.7 Å². The summed E-state index contributed by atoms with van der Waals surface area (Å²) >= 11 is 0. The predicted molar refractivity (Wildman–Crippen MR) is 126 cm³/mol. The first-order chi connectivity index (χ1) is 16.3. The highest BCUT2D eigenvalue weighted by molar-refractivity contribution is 7.46. The molecule has 0 unspecified atom stereocenters. The Morgan fingerprint density at radius 1 is 0.853 bits per heavy atom. The second-order valence-electron chi connectivity index (χ2n) is 6.84. The first kappa shape index (κ1) is 30.8. The van der Waals surface area contributed by atoms with Crippen molar-refractivity contribution in [1.82, 2.24) is 0 Å². The molecule has 0 aliphatic carbocycles. The minimum atomic E-state index is -5.00. The van der Waals surface area contributed by atoms with Crippen LogP contribution in [-0.2, 0) is 28.2 Å². The number of hydrogen-bond acceptors (Lipinski definition) is 6. The zero-order chi connectivity index (χ0) is 25.5. The molecule has 0 saturated carbocycles. The summed E-state index contributed by atoms with van der Waals surface area (Å²) in [6.07, 6.45) is 12.7. The topological polar surface area (TPSA) is 119 Å². The Labute approximate surface area is 201 Å². The van der Waals surface area contributed by atoms with Gasteiger partial charge in [-0.15, -0.1) is 6.42 Å². The second kappa shape index (κ2) is 20.5. The molecule has 0 amide bonds. The van der Waals surface area contributed by atoms with Gasteiger partial charge >= 0.3 is 19.8 Å². The van der Waals surface area contributed by atoms with Crippen LogP contribution in [0, 0.1) is 59.7 Å². The summed E-state index contributed by atoms with van der Waals surface area (Å²) in [6, 6.07) is 0. The van der Waals surface area contributed by atoms with Crippen molar-refractivity contribution in [1.29, 1.82) is 0 Å². The Balaban J connectivity index is 4.42. The average Bonchev–Trinajstić information content (AvgIpc) is 2.77. The molecule has 0 aromatic carbocycles. The number of terminal acetylenes is 1. The van der Waals surface area contributed by atoms with Crippen molar-refractivity contribution < 1.29 is 37.9 Å². The van der Waals surface area contributed by atoms with Gasteiger partial charge in [0.25, 0.3) is 0 Å². The maximum absolute atomic E-state index is 12.0. The van der Waals surface area contributed by atoms with Crippen LogP contribution in [0.2, 0.25) is 0 Å². The molecule has 9 heteroatoms. The molecule has 0 aliphatic rings. The van der Waals surface area contributed by atoms with E-state index in [1.165, 1.54) is 25.7 Å². The van der Waals surface area contributed by atoms with E-state index in [0.717, 1.165) is 25.7 Å². The molecule has 1 atom stereocenters. The van der Waals surface area contributed by atoms with Crippen LogP contribution in [0.15, 0.2) is 0 Å². The molecule has 0 radical (unpaired) electrons. The van der Waals surface area contributed by atoms with Crippen LogP contribution in [0.4, 0.5) is 0 Å². The van der Waals surface area contributed by atoms with Crippen molar-refractivity contribution in [2.24, 2.45) is 0 Å². The molecule has 0 aliphatic heterocycles. The number of carbonyl (C=O) groups is 2. The fraction of sp³-hybridized carbons (Fsp3) is 0.520. The minimum absolute atomic E-state index is 0.0486. The Hall–Kier alpha value is -3.15. The number of ether oxygens (including phenoxy) is 2. The molecule has 34 heavy (non-hydrogen) atoms. The lowest BCUT2D eigenvalue weighted by atomic mass is 10.1. The van der Waals surface area contributed by atoms with Crippen molar-refractivity contribution in [2.75, 3.05) is 6.61 Å². The van der Waals surface area contributed by atoms with Gasteiger partial charge in [0.05, 0.1) is 0 Å². The SMILES string of the molecule is C#CC#CC#CC#CC#CC(=O)OC[C@H](OC(=O)CCCCCCCCCCC)OP(=O)(O)O. The van der Waals surface area contributed by atoms with Crippen LogP contribution in [-0.4, -0.2) is 34.6 Å². The number of rotatable bonds is 15. The van der Waals surface area contributed by atoms with Gasteiger partial charge in [0.1, 0.15) is 0 Å². The molecular formula is C25H29O8P. The normalized spacial score (nSPS) is 10.3. The minimum Gasteiger partial charge on any atom is -0.449 e. The quantitative estimate of drug-likeness (QED) is 0.0902. The third-order valence-electron chi connectivity index (χ3n) is 3.96. The number of hydrogen-bond donors (Lipinski definition) is 2. The first-order valence-electron chi connectivity index (χ1n) is 10.8. The van der Waals surface area contributed by atoms with Crippen LogP contribution in [0.1, 0.15) is 71.1 Å². The highest BCUT2D eigenvalue weighted by Crippen LogP contribution is 2.38. The van der Waals surface area contributed by atoms with E-state index in [0.29, 0.717) is 6.42 Å². The van der Waals surface area contributed by atoms with E-state index in [1.807, 2.05) is 5.92 Å². The van der Waals surface area contributed by atoms with Crippen LogP contribution < -0.4 is 0 Å². The van der Waals surface area contributed by atoms with Crippen molar-refractivity contribution in [3.8, 4) is 59.7 Å². The molecule has 0 fully saturated rings. The Morgan fingerprint density at radius 3 is 1.94 bits per heavy atom. The lowest BCUT2D eigenvalue weighted by Gasteiger charge is -2.18. The molecule has 2 N–H and O–H groups in total. The molecule has 0 spiro atoms. The zero-order valence-electron chi connectivity index (χ0n) is 19.2. The van der Waals surface area contributed by atoms with Gasteiger partial charge in [0.2, 0.25) is 6.29 Å². The molecule has 8 nitrogen and oxygen atoms in total. The summed E-state index contributed by atoms with van der Waals surface area (Å²) in [5.74, 6) is 18.3.